The molecule has 0 spiro atoms. The van der Waals surface area contributed by atoms with Crippen molar-refractivity contribution in [1.82, 2.24) is 0 Å². The van der Waals surface area contributed by atoms with Crippen LogP contribution in [0.25, 0.3) is 22.1 Å². The molecule has 0 fully saturated rings. The van der Waals surface area contributed by atoms with Crippen LogP contribution in [0.3, 0.4) is 0 Å². The van der Waals surface area contributed by atoms with Gasteiger partial charge in [0.2, 0.25) is 0 Å². The van der Waals surface area contributed by atoms with Gasteiger partial charge < -0.3 is 23.9 Å². The predicted octanol–water partition coefficient (Wildman–Crippen LogP) is 6.48. The summed E-state index contributed by atoms with van der Waals surface area (Å²) in [6.07, 6.45) is 0.888. The number of hydrogen-bond donors (Lipinski definition) is 1. The molecule has 7 nitrogen and oxygen atoms in total. The van der Waals surface area contributed by atoms with Gasteiger partial charge >= 0.3 is 5.97 Å². The van der Waals surface area contributed by atoms with E-state index in [-0.39, 0.29) is 17.9 Å². The average Bonchev–Trinajstić information content (AvgIpc) is 3.44. The highest BCUT2D eigenvalue weighted by Crippen LogP contribution is 2.40. The van der Waals surface area contributed by atoms with Crippen molar-refractivity contribution < 1.29 is 28.2 Å². The number of rotatable bonds is 8. The van der Waals surface area contributed by atoms with Gasteiger partial charge in [0.15, 0.2) is 17.3 Å². The molecule has 35 heavy (non-hydrogen) atoms. The number of thiophene rings is 1. The number of anilines is 1. The molecule has 0 bridgehead atoms. The van der Waals surface area contributed by atoms with Gasteiger partial charge in [-0.3, -0.25) is 4.79 Å². The molecule has 0 aliphatic rings. The van der Waals surface area contributed by atoms with Crippen LogP contribution in [0, 0.1) is 6.92 Å². The molecular weight excluding hydrogens is 466 g/mol. The zero-order valence-electron chi connectivity index (χ0n) is 20.3. The molecule has 0 unspecified atom stereocenters. The summed E-state index contributed by atoms with van der Waals surface area (Å²) < 4.78 is 21.9. The zero-order valence-corrected chi connectivity index (χ0v) is 21.1. The Bertz CT molecular complexity index is 1400. The van der Waals surface area contributed by atoms with E-state index in [1.165, 1.54) is 11.3 Å². The van der Waals surface area contributed by atoms with Gasteiger partial charge in [-0.25, -0.2) is 4.79 Å². The number of amides is 1. The molecule has 2 aromatic heterocycles. The molecule has 4 rings (SSSR count). The largest absolute Gasteiger partial charge is 0.493 e. The van der Waals surface area contributed by atoms with E-state index in [1.54, 1.807) is 33.3 Å². The topological polar surface area (TPSA) is 87.0 Å². The molecule has 2 aromatic carbocycles. The summed E-state index contributed by atoms with van der Waals surface area (Å²) in [5.74, 6) is 0.361. The van der Waals surface area contributed by atoms with Crippen molar-refractivity contribution in [2.24, 2.45) is 0 Å². The Hall–Kier alpha value is -3.78. The van der Waals surface area contributed by atoms with Gasteiger partial charge in [-0.1, -0.05) is 19.1 Å². The lowest BCUT2D eigenvalue weighted by atomic mass is 10.0. The summed E-state index contributed by atoms with van der Waals surface area (Å²) in [5, 5.41) is 5.96. The standard InChI is InChI=1S/C27H27NO6S/c1-6-16-8-10-20-18(12-16)15(3)24(34-20)25(29)28-26-23(27(30)33-7-2)19(14-35-26)17-9-11-21(31-4)22(13-17)32-5/h8-14H,6-7H2,1-5H3,(H,28,29). The lowest BCUT2D eigenvalue weighted by Crippen LogP contribution is -2.15. The van der Waals surface area contributed by atoms with E-state index < -0.39 is 11.9 Å². The first kappa shape index (κ1) is 24.3. The van der Waals surface area contributed by atoms with Gasteiger partial charge in [-0.15, -0.1) is 11.3 Å². The van der Waals surface area contributed by atoms with Gasteiger partial charge in [0.05, 0.1) is 20.8 Å². The fourth-order valence-electron chi connectivity index (χ4n) is 3.94. The third-order valence-corrected chi connectivity index (χ3v) is 6.70. The monoisotopic (exact) mass is 493 g/mol. The van der Waals surface area contributed by atoms with Crippen molar-refractivity contribution in [3.05, 3.63) is 64.2 Å². The van der Waals surface area contributed by atoms with Crippen LogP contribution in [0.5, 0.6) is 11.5 Å². The maximum atomic E-state index is 13.2. The number of fused-ring (bicyclic) bond motifs is 1. The number of nitrogens with one attached hydrogen (secondary N) is 1. The van der Waals surface area contributed by atoms with Crippen LogP contribution in [0.2, 0.25) is 0 Å². The van der Waals surface area contributed by atoms with E-state index in [0.717, 1.165) is 28.5 Å². The molecule has 182 valence electrons. The first-order valence-corrected chi connectivity index (χ1v) is 12.1. The molecular formula is C27H27NO6S. The van der Waals surface area contributed by atoms with E-state index in [1.807, 2.05) is 36.6 Å². The van der Waals surface area contributed by atoms with Crippen molar-refractivity contribution in [2.75, 3.05) is 26.1 Å². The number of aryl methyl sites for hydroxylation is 2. The zero-order chi connectivity index (χ0) is 25.1. The highest BCUT2D eigenvalue weighted by atomic mass is 32.1. The number of hydrogen-bond acceptors (Lipinski definition) is 7. The van der Waals surface area contributed by atoms with E-state index in [9.17, 15) is 9.59 Å². The van der Waals surface area contributed by atoms with Crippen molar-refractivity contribution in [3.63, 3.8) is 0 Å². The highest BCUT2D eigenvalue weighted by molar-refractivity contribution is 7.15. The molecule has 8 heteroatoms. The Balaban J connectivity index is 1.73. The molecule has 0 aliphatic heterocycles. The minimum atomic E-state index is -0.525. The lowest BCUT2D eigenvalue weighted by Gasteiger charge is -2.11. The van der Waals surface area contributed by atoms with Gasteiger partial charge in [0, 0.05) is 21.9 Å². The van der Waals surface area contributed by atoms with Crippen LogP contribution in [0.4, 0.5) is 5.00 Å². The predicted molar refractivity (Wildman–Crippen MR) is 137 cm³/mol. The molecule has 4 aromatic rings. The van der Waals surface area contributed by atoms with Crippen molar-refractivity contribution in [3.8, 4) is 22.6 Å². The van der Waals surface area contributed by atoms with Crippen molar-refractivity contribution >= 4 is 39.2 Å². The molecule has 2 heterocycles. The third-order valence-electron chi connectivity index (χ3n) is 5.81. The first-order valence-electron chi connectivity index (χ1n) is 11.3. The first-order chi connectivity index (χ1) is 16.9. The van der Waals surface area contributed by atoms with Crippen LogP contribution in [0.1, 0.15) is 45.9 Å². The van der Waals surface area contributed by atoms with Gasteiger partial charge in [-0.2, -0.15) is 0 Å². The second-order valence-electron chi connectivity index (χ2n) is 7.84. The van der Waals surface area contributed by atoms with Crippen molar-refractivity contribution in [1.29, 1.82) is 0 Å². The number of methoxy groups -OCH3 is 2. The van der Waals surface area contributed by atoms with Gasteiger partial charge in [0.25, 0.3) is 5.91 Å². The Morgan fingerprint density at radius 3 is 2.49 bits per heavy atom. The second-order valence-corrected chi connectivity index (χ2v) is 8.72. The number of furan rings is 1. The molecule has 0 saturated heterocycles. The SMILES string of the molecule is CCOC(=O)c1c(-c2ccc(OC)c(OC)c2)csc1NC(=O)c1oc2ccc(CC)cc2c1C. The fourth-order valence-corrected chi connectivity index (χ4v) is 4.89. The summed E-state index contributed by atoms with van der Waals surface area (Å²) in [6.45, 7) is 5.88. The minimum Gasteiger partial charge on any atom is -0.493 e. The number of carbonyl (C=O) groups excluding carboxylic acids is 2. The lowest BCUT2D eigenvalue weighted by molar-refractivity contribution is 0.0529. The quantitative estimate of drug-likeness (QED) is 0.283. The number of benzene rings is 2. The van der Waals surface area contributed by atoms with E-state index >= 15 is 0 Å². The van der Waals surface area contributed by atoms with Crippen LogP contribution in [0.15, 0.2) is 46.2 Å². The van der Waals surface area contributed by atoms with Gasteiger partial charge in [0.1, 0.15) is 16.1 Å². The smallest absolute Gasteiger partial charge is 0.341 e. The maximum absolute atomic E-state index is 13.2. The normalized spacial score (nSPS) is 10.9. The van der Waals surface area contributed by atoms with E-state index in [2.05, 4.69) is 12.2 Å². The summed E-state index contributed by atoms with van der Waals surface area (Å²) in [5.41, 5.74) is 4.19. The molecule has 0 radical (unpaired) electrons. The Morgan fingerprint density at radius 2 is 1.80 bits per heavy atom. The van der Waals surface area contributed by atoms with Crippen LogP contribution >= 0.6 is 11.3 Å². The molecule has 1 amide bonds. The van der Waals surface area contributed by atoms with Crippen LogP contribution in [-0.2, 0) is 11.2 Å². The Labute approximate surface area is 207 Å². The minimum absolute atomic E-state index is 0.204. The van der Waals surface area contributed by atoms with Gasteiger partial charge in [-0.05, 0) is 55.7 Å². The Morgan fingerprint density at radius 1 is 1.03 bits per heavy atom. The number of ether oxygens (including phenoxy) is 3. The second kappa shape index (κ2) is 10.2. The van der Waals surface area contributed by atoms with E-state index in [0.29, 0.717) is 27.6 Å². The third kappa shape index (κ3) is 4.61. The molecule has 0 saturated carbocycles. The Kier molecular flexibility index (Phi) is 7.12. The van der Waals surface area contributed by atoms with E-state index in [4.69, 9.17) is 18.6 Å². The van der Waals surface area contributed by atoms with Crippen LogP contribution < -0.4 is 14.8 Å². The summed E-state index contributed by atoms with van der Waals surface area (Å²) in [4.78, 5) is 26.2. The molecule has 0 atom stereocenters. The summed E-state index contributed by atoms with van der Waals surface area (Å²) in [7, 11) is 3.11. The average molecular weight is 494 g/mol. The summed E-state index contributed by atoms with van der Waals surface area (Å²) in [6, 6.07) is 11.3. The molecule has 0 aliphatic carbocycles. The van der Waals surface area contributed by atoms with Crippen LogP contribution in [-0.4, -0.2) is 32.7 Å². The van der Waals surface area contributed by atoms with Crippen molar-refractivity contribution in [2.45, 2.75) is 27.2 Å². The summed E-state index contributed by atoms with van der Waals surface area (Å²) >= 11 is 1.24. The number of esters is 1. The highest BCUT2D eigenvalue weighted by Gasteiger charge is 2.26. The maximum Gasteiger partial charge on any atom is 0.341 e. The number of carbonyl (C=O) groups is 2. The molecule has 1 N–H and O–H groups in total. The fraction of sp³-hybridized carbons (Fsp3) is 0.259.